The van der Waals surface area contributed by atoms with Crippen LogP contribution in [0.25, 0.3) is 0 Å². The number of ether oxygens (including phenoxy) is 1. The molecule has 0 aliphatic heterocycles. The lowest BCUT2D eigenvalue weighted by molar-refractivity contribution is 0.0518. The van der Waals surface area contributed by atoms with Crippen LogP contribution in [0.5, 0.6) is 0 Å². The van der Waals surface area contributed by atoms with Gasteiger partial charge in [0.05, 0.1) is 17.9 Å². The molecule has 0 radical (unpaired) electrons. The lowest BCUT2D eigenvalue weighted by atomic mass is 10.1. The molecule has 1 aromatic rings. The van der Waals surface area contributed by atoms with Crippen LogP contribution in [-0.2, 0) is 17.7 Å². The van der Waals surface area contributed by atoms with Crippen LogP contribution >= 0.6 is 0 Å². The third-order valence-corrected chi connectivity index (χ3v) is 2.73. The fraction of sp³-hybridized carbons (Fsp3) is 0.769. The van der Waals surface area contributed by atoms with E-state index in [2.05, 4.69) is 10.3 Å². The summed E-state index contributed by atoms with van der Waals surface area (Å²) in [5.41, 5.74) is 0.309. The van der Waals surface area contributed by atoms with Gasteiger partial charge in [-0.25, -0.2) is 9.48 Å². The predicted octanol–water partition coefficient (Wildman–Crippen LogP) is 1.57. The Morgan fingerprint density at radius 3 is 2.63 bits per heavy atom. The summed E-state index contributed by atoms with van der Waals surface area (Å²) in [6, 6.07) is 0. The van der Waals surface area contributed by atoms with E-state index in [1.165, 1.54) is 0 Å². The molecule has 0 atom stereocenters. The summed E-state index contributed by atoms with van der Waals surface area (Å²) in [5.74, 6) is -0.430. The Bertz CT molecular complexity index is 421. The molecule has 0 bridgehead atoms. The van der Waals surface area contributed by atoms with Crippen molar-refractivity contribution in [1.82, 2.24) is 15.0 Å². The van der Waals surface area contributed by atoms with Crippen LogP contribution in [0.4, 0.5) is 0 Å². The normalized spacial score (nSPS) is 11.6. The number of hydrogen-bond acceptors (Lipinski definition) is 5. The van der Waals surface area contributed by atoms with Gasteiger partial charge in [-0.3, -0.25) is 0 Å². The average Bonchev–Trinajstić information content (AvgIpc) is 2.70. The molecule has 19 heavy (non-hydrogen) atoms. The van der Waals surface area contributed by atoms with Crippen molar-refractivity contribution >= 4 is 5.97 Å². The van der Waals surface area contributed by atoms with Crippen molar-refractivity contribution in [2.45, 2.75) is 59.1 Å². The molecule has 6 nitrogen and oxygen atoms in total. The Balaban J connectivity index is 2.90. The molecule has 1 aromatic heterocycles. The Kier molecular flexibility index (Phi) is 5.47. The van der Waals surface area contributed by atoms with E-state index in [0.717, 1.165) is 12.1 Å². The molecular formula is C13H23N3O3. The molecule has 0 unspecified atom stereocenters. The minimum atomic E-state index is -0.764. The van der Waals surface area contributed by atoms with E-state index in [1.54, 1.807) is 25.5 Å². The van der Waals surface area contributed by atoms with E-state index in [4.69, 9.17) is 4.74 Å². The summed E-state index contributed by atoms with van der Waals surface area (Å²) in [6.45, 7) is 8.13. The standard InChI is InChI=1S/C13H23N3O3/c1-5-7-10-11(12(17)19-6-2)14-15-16(10)9-8-13(3,4)18/h18H,5-9H2,1-4H3. The van der Waals surface area contributed by atoms with Gasteiger partial charge in [0.2, 0.25) is 0 Å². The maximum atomic E-state index is 11.8. The first-order valence-corrected chi connectivity index (χ1v) is 6.71. The molecule has 0 spiro atoms. The van der Waals surface area contributed by atoms with Gasteiger partial charge >= 0.3 is 5.97 Å². The predicted molar refractivity (Wildman–Crippen MR) is 70.9 cm³/mol. The van der Waals surface area contributed by atoms with Crippen molar-refractivity contribution in [2.75, 3.05) is 6.61 Å². The van der Waals surface area contributed by atoms with Gasteiger partial charge in [-0.2, -0.15) is 0 Å². The quantitative estimate of drug-likeness (QED) is 0.760. The van der Waals surface area contributed by atoms with Crippen molar-refractivity contribution in [1.29, 1.82) is 0 Å². The van der Waals surface area contributed by atoms with Gasteiger partial charge in [0, 0.05) is 6.54 Å². The highest BCUT2D eigenvalue weighted by molar-refractivity contribution is 5.88. The van der Waals surface area contributed by atoms with Crippen molar-refractivity contribution in [3.05, 3.63) is 11.4 Å². The van der Waals surface area contributed by atoms with Crippen LogP contribution in [0.3, 0.4) is 0 Å². The lowest BCUT2D eigenvalue weighted by Crippen LogP contribution is -2.22. The Morgan fingerprint density at radius 2 is 2.11 bits per heavy atom. The number of rotatable bonds is 7. The van der Waals surface area contributed by atoms with Crippen molar-refractivity contribution < 1.29 is 14.6 Å². The van der Waals surface area contributed by atoms with E-state index in [0.29, 0.717) is 31.7 Å². The molecule has 0 aromatic carbocycles. The summed E-state index contributed by atoms with van der Waals surface area (Å²) in [5, 5.41) is 17.7. The zero-order valence-electron chi connectivity index (χ0n) is 12.1. The Morgan fingerprint density at radius 1 is 1.42 bits per heavy atom. The maximum Gasteiger partial charge on any atom is 0.360 e. The zero-order chi connectivity index (χ0) is 14.5. The third kappa shape index (κ3) is 4.63. The van der Waals surface area contributed by atoms with Crippen molar-refractivity contribution in [2.24, 2.45) is 0 Å². The lowest BCUT2D eigenvalue weighted by Gasteiger charge is -2.17. The number of esters is 1. The molecule has 1 heterocycles. The number of carbonyl (C=O) groups excluding carboxylic acids is 1. The smallest absolute Gasteiger partial charge is 0.360 e. The first-order chi connectivity index (χ1) is 8.89. The number of nitrogens with zero attached hydrogens (tertiary/aromatic N) is 3. The SMILES string of the molecule is CCCc1c(C(=O)OCC)nnn1CCC(C)(C)O. The molecule has 0 saturated carbocycles. The average molecular weight is 269 g/mol. The van der Waals surface area contributed by atoms with E-state index in [9.17, 15) is 9.90 Å². The van der Waals surface area contributed by atoms with E-state index in [1.807, 2.05) is 6.92 Å². The molecule has 0 fully saturated rings. The third-order valence-electron chi connectivity index (χ3n) is 2.73. The van der Waals surface area contributed by atoms with E-state index >= 15 is 0 Å². The number of hydrogen-bond donors (Lipinski definition) is 1. The molecule has 108 valence electrons. The first kappa shape index (κ1) is 15.6. The highest BCUT2D eigenvalue weighted by Crippen LogP contribution is 2.14. The largest absolute Gasteiger partial charge is 0.461 e. The summed E-state index contributed by atoms with van der Waals surface area (Å²) in [6.07, 6.45) is 2.16. The van der Waals surface area contributed by atoms with Crippen LogP contribution < -0.4 is 0 Å². The molecule has 0 saturated heterocycles. The van der Waals surface area contributed by atoms with Gasteiger partial charge in [-0.15, -0.1) is 5.10 Å². The second kappa shape index (κ2) is 6.65. The van der Waals surface area contributed by atoms with Gasteiger partial charge in [-0.05, 0) is 33.6 Å². The Labute approximate surface area is 113 Å². The Hall–Kier alpha value is -1.43. The van der Waals surface area contributed by atoms with Gasteiger partial charge < -0.3 is 9.84 Å². The molecule has 0 aliphatic rings. The molecule has 1 N–H and O–H groups in total. The van der Waals surface area contributed by atoms with Crippen molar-refractivity contribution in [3.63, 3.8) is 0 Å². The fourth-order valence-corrected chi connectivity index (χ4v) is 1.73. The van der Waals surface area contributed by atoms with Gasteiger partial charge in [0.25, 0.3) is 0 Å². The molecule has 0 aliphatic carbocycles. The summed E-state index contributed by atoms with van der Waals surface area (Å²) in [7, 11) is 0. The number of aliphatic hydroxyl groups is 1. The van der Waals surface area contributed by atoms with E-state index in [-0.39, 0.29) is 0 Å². The first-order valence-electron chi connectivity index (χ1n) is 6.71. The molecule has 0 amide bonds. The highest BCUT2D eigenvalue weighted by atomic mass is 16.5. The van der Waals surface area contributed by atoms with Crippen LogP contribution in [0, 0.1) is 0 Å². The number of aryl methyl sites for hydroxylation is 1. The summed E-state index contributed by atoms with van der Waals surface area (Å²) >= 11 is 0. The maximum absolute atomic E-state index is 11.8. The van der Waals surface area contributed by atoms with Crippen LogP contribution in [0.1, 0.15) is 56.7 Å². The summed E-state index contributed by atoms with van der Waals surface area (Å²) in [4.78, 5) is 11.8. The van der Waals surface area contributed by atoms with Gasteiger partial charge in [0.15, 0.2) is 5.69 Å². The second-order valence-electron chi connectivity index (χ2n) is 5.14. The zero-order valence-corrected chi connectivity index (χ0v) is 12.1. The van der Waals surface area contributed by atoms with Crippen molar-refractivity contribution in [3.8, 4) is 0 Å². The van der Waals surface area contributed by atoms with Crippen LogP contribution in [0.2, 0.25) is 0 Å². The minimum absolute atomic E-state index is 0.291. The topological polar surface area (TPSA) is 77.2 Å². The summed E-state index contributed by atoms with van der Waals surface area (Å²) < 4.78 is 6.66. The molecule has 1 rings (SSSR count). The van der Waals surface area contributed by atoms with Crippen LogP contribution in [0.15, 0.2) is 0 Å². The second-order valence-corrected chi connectivity index (χ2v) is 5.14. The van der Waals surface area contributed by atoms with E-state index < -0.39 is 11.6 Å². The molecular weight excluding hydrogens is 246 g/mol. The minimum Gasteiger partial charge on any atom is -0.461 e. The van der Waals surface area contributed by atoms with Crippen LogP contribution in [-0.4, -0.2) is 38.3 Å². The number of carbonyl (C=O) groups is 1. The number of aromatic nitrogens is 3. The van der Waals surface area contributed by atoms with Gasteiger partial charge in [-0.1, -0.05) is 18.6 Å². The highest BCUT2D eigenvalue weighted by Gasteiger charge is 2.21. The van der Waals surface area contributed by atoms with Gasteiger partial charge in [0.1, 0.15) is 0 Å². The molecule has 6 heteroatoms. The monoisotopic (exact) mass is 269 g/mol. The fourth-order valence-electron chi connectivity index (χ4n) is 1.73.